The van der Waals surface area contributed by atoms with Crippen LogP contribution in [0, 0.1) is 12.8 Å². The lowest BCUT2D eigenvalue weighted by atomic mass is 9.89. The van der Waals surface area contributed by atoms with E-state index < -0.39 is 12.1 Å². The van der Waals surface area contributed by atoms with E-state index in [0.29, 0.717) is 35.3 Å². The Morgan fingerprint density at radius 2 is 2.03 bits per heavy atom. The second-order valence-electron chi connectivity index (χ2n) is 10.4. The van der Waals surface area contributed by atoms with Crippen LogP contribution in [0.5, 0.6) is 5.75 Å². The van der Waals surface area contributed by atoms with Crippen LogP contribution >= 0.6 is 11.8 Å². The number of hydrogen-bond donors (Lipinski definition) is 4. The maximum absolute atomic E-state index is 13.1. The molecule has 5 unspecified atom stereocenters. The van der Waals surface area contributed by atoms with E-state index in [9.17, 15) is 19.8 Å². The van der Waals surface area contributed by atoms with Gasteiger partial charge in [0.1, 0.15) is 5.75 Å². The first kappa shape index (κ1) is 25.8. The number of carbonyl (C=O) groups excluding carboxylic acids is 2. The van der Waals surface area contributed by atoms with E-state index in [1.54, 1.807) is 25.1 Å². The van der Waals surface area contributed by atoms with E-state index in [1.807, 2.05) is 39.5 Å². The van der Waals surface area contributed by atoms with Gasteiger partial charge in [-0.15, -0.1) is 0 Å². The SMILES string of the molecule is CCC(NC(=O)c1cccc(O)c1C)C(O)CN1CC2CCSC2CC1C(=O)NC(C)(C)C. The van der Waals surface area contributed by atoms with Crippen LogP contribution in [0.25, 0.3) is 0 Å². The number of piperidine rings is 1. The second kappa shape index (κ2) is 10.7. The largest absolute Gasteiger partial charge is 0.508 e. The lowest BCUT2D eigenvalue weighted by Crippen LogP contribution is -2.60. The zero-order valence-corrected chi connectivity index (χ0v) is 21.2. The first-order valence-electron chi connectivity index (χ1n) is 11.9. The van der Waals surface area contributed by atoms with Crippen molar-refractivity contribution in [1.82, 2.24) is 15.5 Å². The number of nitrogens with zero attached hydrogens (tertiary/aromatic N) is 1. The summed E-state index contributed by atoms with van der Waals surface area (Å²) in [6, 6.07) is 4.11. The van der Waals surface area contributed by atoms with Gasteiger partial charge in [0.05, 0.1) is 18.2 Å². The highest BCUT2D eigenvalue weighted by Gasteiger charge is 2.43. The third-order valence-electron chi connectivity index (χ3n) is 6.70. The van der Waals surface area contributed by atoms with E-state index in [1.165, 1.54) is 0 Å². The zero-order chi connectivity index (χ0) is 24.3. The van der Waals surface area contributed by atoms with Gasteiger partial charge < -0.3 is 20.8 Å². The van der Waals surface area contributed by atoms with Gasteiger partial charge in [-0.25, -0.2) is 0 Å². The number of β-amino-alcohol motifs (C(OH)–C–C–N with tert-alkyl or cyclic N) is 1. The Balaban J connectivity index is 1.71. The van der Waals surface area contributed by atoms with Gasteiger partial charge >= 0.3 is 0 Å². The number of hydrogen-bond acceptors (Lipinski definition) is 6. The fourth-order valence-electron chi connectivity index (χ4n) is 4.84. The summed E-state index contributed by atoms with van der Waals surface area (Å²) >= 11 is 1.96. The number of aliphatic hydroxyl groups excluding tert-OH is 1. The first-order valence-corrected chi connectivity index (χ1v) is 13.0. The minimum atomic E-state index is -0.813. The molecule has 3 rings (SSSR count). The van der Waals surface area contributed by atoms with Crippen molar-refractivity contribution in [3.8, 4) is 5.75 Å². The molecule has 2 heterocycles. The van der Waals surface area contributed by atoms with Gasteiger partial charge in [-0.05, 0) is 70.8 Å². The van der Waals surface area contributed by atoms with Gasteiger partial charge in [-0.2, -0.15) is 11.8 Å². The Hall–Kier alpha value is -1.77. The molecule has 2 fully saturated rings. The molecule has 0 bridgehead atoms. The summed E-state index contributed by atoms with van der Waals surface area (Å²) in [5, 5.41) is 27.6. The number of thioether (sulfide) groups is 1. The standard InChI is InChI=1S/C25H39N3O4S/c1-6-18(26-23(31)17-8-7-9-20(29)15(17)2)21(30)14-28-13-16-10-11-33-22(16)12-19(28)24(32)27-25(3,4)5/h7-9,16,18-19,21-22,29-30H,6,10-14H2,1-5H3,(H,26,31)(H,27,32). The molecule has 2 aliphatic rings. The zero-order valence-electron chi connectivity index (χ0n) is 20.4. The number of phenols is 1. The normalized spacial score (nSPS) is 25.2. The molecule has 8 heteroatoms. The maximum atomic E-state index is 13.1. The summed E-state index contributed by atoms with van der Waals surface area (Å²) < 4.78 is 0. The number of benzene rings is 1. The summed E-state index contributed by atoms with van der Waals surface area (Å²) in [5.74, 6) is 1.41. The van der Waals surface area contributed by atoms with Crippen molar-refractivity contribution in [3.05, 3.63) is 29.3 Å². The van der Waals surface area contributed by atoms with Crippen LogP contribution in [0.4, 0.5) is 0 Å². The number of phenolic OH excluding ortho intramolecular Hbond substituents is 1. The van der Waals surface area contributed by atoms with Crippen LogP contribution in [0.3, 0.4) is 0 Å². The molecule has 0 spiro atoms. The number of aromatic hydroxyl groups is 1. The molecule has 0 saturated carbocycles. The third-order valence-corrected chi connectivity index (χ3v) is 8.18. The van der Waals surface area contributed by atoms with Crippen LogP contribution in [-0.4, -0.2) is 74.7 Å². The van der Waals surface area contributed by atoms with Crippen LogP contribution < -0.4 is 10.6 Å². The molecule has 2 saturated heterocycles. The van der Waals surface area contributed by atoms with Gasteiger partial charge in [-0.3, -0.25) is 14.5 Å². The highest BCUT2D eigenvalue weighted by atomic mass is 32.2. The maximum Gasteiger partial charge on any atom is 0.251 e. The van der Waals surface area contributed by atoms with E-state index in [4.69, 9.17) is 0 Å². The molecular weight excluding hydrogens is 438 g/mol. The topological polar surface area (TPSA) is 102 Å². The number of carbonyl (C=O) groups is 2. The van der Waals surface area contributed by atoms with E-state index in [-0.39, 0.29) is 29.1 Å². The number of likely N-dealkylation sites (tertiary alicyclic amines) is 1. The van der Waals surface area contributed by atoms with Crippen molar-refractivity contribution in [2.45, 2.75) is 82.9 Å². The van der Waals surface area contributed by atoms with Crippen LogP contribution in [0.15, 0.2) is 18.2 Å². The van der Waals surface area contributed by atoms with Crippen molar-refractivity contribution < 1.29 is 19.8 Å². The highest BCUT2D eigenvalue weighted by molar-refractivity contribution is 8.00. The molecule has 184 valence electrons. The number of fused-ring (bicyclic) bond motifs is 1. The Bertz CT molecular complexity index is 857. The monoisotopic (exact) mass is 477 g/mol. The summed E-state index contributed by atoms with van der Waals surface area (Å²) in [6.45, 7) is 10.7. The summed E-state index contributed by atoms with van der Waals surface area (Å²) in [7, 11) is 0. The molecule has 1 aromatic carbocycles. The Labute approximate surface area is 201 Å². The number of rotatable bonds is 7. The third kappa shape index (κ3) is 6.43. The average Bonchev–Trinajstić information content (AvgIpc) is 3.19. The molecule has 2 aliphatic heterocycles. The predicted molar refractivity (Wildman–Crippen MR) is 133 cm³/mol. The van der Waals surface area contributed by atoms with Gasteiger partial charge in [-0.1, -0.05) is 13.0 Å². The van der Waals surface area contributed by atoms with Crippen molar-refractivity contribution in [3.63, 3.8) is 0 Å². The lowest BCUT2D eigenvalue weighted by molar-refractivity contribution is -0.130. The molecule has 7 nitrogen and oxygen atoms in total. The fraction of sp³-hybridized carbons (Fsp3) is 0.680. The molecular formula is C25H39N3O4S. The minimum Gasteiger partial charge on any atom is -0.508 e. The molecule has 5 atom stereocenters. The van der Waals surface area contributed by atoms with Crippen LogP contribution in [-0.2, 0) is 4.79 Å². The summed E-state index contributed by atoms with van der Waals surface area (Å²) in [5.41, 5.74) is 0.589. The van der Waals surface area contributed by atoms with Gasteiger partial charge in [0.2, 0.25) is 5.91 Å². The van der Waals surface area contributed by atoms with Crippen molar-refractivity contribution in [2.24, 2.45) is 5.92 Å². The average molecular weight is 478 g/mol. The summed E-state index contributed by atoms with van der Waals surface area (Å²) in [6.07, 6.45) is 1.67. The fourth-order valence-corrected chi connectivity index (χ4v) is 6.39. The van der Waals surface area contributed by atoms with Crippen LogP contribution in [0.1, 0.15) is 62.9 Å². The molecule has 0 radical (unpaired) electrons. The van der Waals surface area contributed by atoms with Crippen molar-refractivity contribution in [1.29, 1.82) is 0 Å². The molecule has 2 amide bonds. The lowest BCUT2D eigenvalue weighted by Gasteiger charge is -2.43. The minimum absolute atomic E-state index is 0.00752. The Kier molecular flexibility index (Phi) is 8.35. The summed E-state index contributed by atoms with van der Waals surface area (Å²) in [4.78, 5) is 28.1. The van der Waals surface area contributed by atoms with E-state index >= 15 is 0 Å². The van der Waals surface area contributed by atoms with Crippen LogP contribution in [0.2, 0.25) is 0 Å². The van der Waals surface area contributed by atoms with Gasteiger partial charge in [0.15, 0.2) is 0 Å². The number of aliphatic hydroxyl groups is 1. The molecule has 33 heavy (non-hydrogen) atoms. The number of amides is 2. The Morgan fingerprint density at radius 3 is 2.70 bits per heavy atom. The van der Waals surface area contributed by atoms with E-state index in [0.717, 1.165) is 25.1 Å². The molecule has 1 aromatic rings. The van der Waals surface area contributed by atoms with Crippen molar-refractivity contribution >= 4 is 23.6 Å². The van der Waals surface area contributed by atoms with E-state index in [2.05, 4.69) is 15.5 Å². The van der Waals surface area contributed by atoms with Gasteiger partial charge in [0, 0.05) is 35.0 Å². The molecule has 0 aliphatic carbocycles. The van der Waals surface area contributed by atoms with Crippen molar-refractivity contribution in [2.75, 3.05) is 18.8 Å². The van der Waals surface area contributed by atoms with Gasteiger partial charge in [0.25, 0.3) is 5.91 Å². The smallest absolute Gasteiger partial charge is 0.251 e. The predicted octanol–water partition coefficient (Wildman–Crippen LogP) is 2.68. The second-order valence-corrected chi connectivity index (χ2v) is 11.8. The first-order chi connectivity index (χ1) is 15.5. The number of nitrogens with one attached hydrogen (secondary N) is 2. The highest BCUT2D eigenvalue weighted by Crippen LogP contribution is 2.40. The molecule has 0 aromatic heterocycles. The Morgan fingerprint density at radius 1 is 1.30 bits per heavy atom. The quantitative estimate of drug-likeness (QED) is 0.482. The molecule has 4 N–H and O–H groups in total.